The topological polar surface area (TPSA) is 31.2 Å². The SMILES string of the molecule is CCCCCC(SC1=NC(C)(C)N(C)C1(C)C)SC1=NC(C)(C)N(C)C1(C)C. The molecule has 0 saturated carbocycles. The second kappa shape index (κ2) is 8.24. The number of hydrogen-bond acceptors (Lipinski definition) is 6. The lowest BCUT2D eigenvalue weighted by molar-refractivity contribution is 0.121. The third kappa shape index (κ3) is 4.65. The number of hydrogen-bond donors (Lipinski definition) is 0. The van der Waals surface area contributed by atoms with Crippen molar-refractivity contribution in [2.45, 2.75) is 115 Å². The average Bonchev–Trinajstić information content (AvgIpc) is 2.82. The molecule has 0 aliphatic carbocycles. The van der Waals surface area contributed by atoms with E-state index in [0.29, 0.717) is 4.58 Å². The van der Waals surface area contributed by atoms with Crippen LogP contribution >= 0.6 is 23.5 Å². The minimum atomic E-state index is -0.142. The van der Waals surface area contributed by atoms with E-state index in [1.54, 1.807) is 0 Å². The van der Waals surface area contributed by atoms with Crippen molar-refractivity contribution in [1.29, 1.82) is 0 Å². The van der Waals surface area contributed by atoms with Crippen molar-refractivity contribution in [2.75, 3.05) is 14.1 Å². The Bertz CT molecular complexity index is 584. The van der Waals surface area contributed by atoms with Gasteiger partial charge in [-0.2, -0.15) is 0 Å². The first-order valence-electron chi connectivity index (χ1n) is 10.7. The van der Waals surface area contributed by atoms with Crippen LogP contribution in [0.4, 0.5) is 0 Å². The summed E-state index contributed by atoms with van der Waals surface area (Å²) in [5.74, 6) is 0. The molecule has 0 saturated heterocycles. The highest BCUT2D eigenvalue weighted by Crippen LogP contribution is 2.45. The maximum Gasteiger partial charge on any atom is 0.109 e. The van der Waals surface area contributed by atoms with E-state index >= 15 is 0 Å². The molecule has 6 heteroatoms. The molecule has 2 aliphatic heterocycles. The number of thioether (sulfide) groups is 2. The fourth-order valence-electron chi connectivity index (χ4n) is 3.87. The molecule has 0 radical (unpaired) electrons. The molecule has 2 aliphatic rings. The monoisotopic (exact) mass is 426 g/mol. The van der Waals surface area contributed by atoms with Gasteiger partial charge in [0, 0.05) is 0 Å². The maximum atomic E-state index is 5.12. The van der Waals surface area contributed by atoms with Crippen molar-refractivity contribution in [3.05, 3.63) is 0 Å². The van der Waals surface area contributed by atoms with Crippen molar-refractivity contribution < 1.29 is 0 Å². The molecule has 0 aromatic carbocycles. The first kappa shape index (κ1) is 24.2. The van der Waals surface area contributed by atoms with E-state index in [0.717, 1.165) is 0 Å². The number of aliphatic imine (C=N–C) groups is 2. The predicted molar refractivity (Wildman–Crippen MR) is 130 cm³/mol. The molecule has 0 fully saturated rings. The minimum Gasteiger partial charge on any atom is -0.272 e. The molecular weight excluding hydrogens is 384 g/mol. The zero-order valence-electron chi connectivity index (χ0n) is 20.0. The van der Waals surface area contributed by atoms with Crippen LogP contribution < -0.4 is 0 Å². The Morgan fingerprint density at radius 3 is 1.43 bits per heavy atom. The summed E-state index contributed by atoms with van der Waals surface area (Å²) in [6.45, 7) is 20.3. The molecule has 0 N–H and O–H groups in total. The van der Waals surface area contributed by atoms with Gasteiger partial charge < -0.3 is 0 Å². The van der Waals surface area contributed by atoms with Gasteiger partial charge in [0.1, 0.15) is 11.3 Å². The lowest BCUT2D eigenvalue weighted by Crippen LogP contribution is -2.49. The molecule has 0 atom stereocenters. The van der Waals surface area contributed by atoms with Crippen molar-refractivity contribution in [2.24, 2.45) is 9.98 Å². The van der Waals surface area contributed by atoms with E-state index in [1.165, 1.54) is 35.8 Å². The Morgan fingerprint density at radius 1 is 0.750 bits per heavy atom. The summed E-state index contributed by atoms with van der Waals surface area (Å²) in [5, 5.41) is 2.52. The number of unbranched alkanes of at least 4 members (excludes halogenated alkanes) is 2. The summed E-state index contributed by atoms with van der Waals surface area (Å²) in [7, 11) is 4.38. The fraction of sp³-hybridized carbons (Fsp3) is 0.909. The van der Waals surface area contributed by atoms with Gasteiger partial charge in [-0.15, -0.1) is 0 Å². The number of rotatable bonds is 6. The summed E-state index contributed by atoms with van der Waals surface area (Å²) < 4.78 is 0.451. The number of nitrogens with zero attached hydrogens (tertiary/aromatic N) is 4. The Balaban J connectivity index is 2.24. The van der Waals surface area contributed by atoms with Gasteiger partial charge in [0.05, 0.1) is 25.7 Å². The van der Waals surface area contributed by atoms with E-state index in [9.17, 15) is 0 Å². The quantitative estimate of drug-likeness (QED) is 0.381. The second-order valence-electron chi connectivity index (χ2n) is 10.2. The normalized spacial score (nSPS) is 26.0. The first-order valence-corrected chi connectivity index (χ1v) is 12.4. The molecule has 2 rings (SSSR count). The van der Waals surface area contributed by atoms with Gasteiger partial charge in [-0.3, -0.25) is 19.8 Å². The van der Waals surface area contributed by atoms with Gasteiger partial charge >= 0.3 is 0 Å². The van der Waals surface area contributed by atoms with Gasteiger partial charge in [0.2, 0.25) is 0 Å². The molecule has 162 valence electrons. The Morgan fingerprint density at radius 2 is 1.14 bits per heavy atom. The van der Waals surface area contributed by atoms with E-state index in [1.807, 2.05) is 23.5 Å². The van der Waals surface area contributed by atoms with Crippen LogP contribution in [-0.2, 0) is 0 Å². The Labute approximate surface area is 182 Å². The standard InChI is InChI=1S/C22H42N4S2/c1-12-13-14-15-16(27-17-19(2,3)25(10)21(6,7)23-17)28-18-20(4,5)26(11)22(8,9)24-18/h16H,12-15H2,1-11H3. The van der Waals surface area contributed by atoms with Crippen LogP contribution in [0.15, 0.2) is 9.98 Å². The van der Waals surface area contributed by atoms with Crippen molar-refractivity contribution in [3.63, 3.8) is 0 Å². The summed E-state index contributed by atoms with van der Waals surface area (Å²) >= 11 is 3.95. The summed E-state index contributed by atoms with van der Waals surface area (Å²) in [4.78, 5) is 15.0. The van der Waals surface area contributed by atoms with Crippen LogP contribution in [0.25, 0.3) is 0 Å². The van der Waals surface area contributed by atoms with Crippen molar-refractivity contribution in [3.8, 4) is 0 Å². The van der Waals surface area contributed by atoms with Crippen LogP contribution in [-0.4, -0.2) is 61.0 Å². The Hall–Kier alpha value is -0.0400. The molecule has 4 nitrogen and oxygen atoms in total. The molecule has 28 heavy (non-hydrogen) atoms. The highest BCUT2D eigenvalue weighted by Gasteiger charge is 2.48. The van der Waals surface area contributed by atoms with Crippen molar-refractivity contribution >= 4 is 33.6 Å². The van der Waals surface area contributed by atoms with Crippen LogP contribution in [0.3, 0.4) is 0 Å². The van der Waals surface area contributed by atoms with E-state index in [4.69, 9.17) is 9.98 Å². The van der Waals surface area contributed by atoms with Crippen molar-refractivity contribution in [1.82, 2.24) is 9.80 Å². The average molecular weight is 427 g/mol. The largest absolute Gasteiger partial charge is 0.272 e. The third-order valence-corrected chi connectivity index (χ3v) is 9.85. The minimum absolute atomic E-state index is 0.0270. The summed E-state index contributed by atoms with van der Waals surface area (Å²) in [5.41, 5.74) is -0.338. The highest BCUT2D eigenvalue weighted by molar-refractivity contribution is 8.30. The molecule has 0 aromatic rings. The van der Waals surface area contributed by atoms with E-state index in [2.05, 4.69) is 86.2 Å². The molecule has 0 aromatic heterocycles. The van der Waals surface area contributed by atoms with Gasteiger partial charge in [0.25, 0.3) is 0 Å². The van der Waals surface area contributed by atoms with Crippen LogP contribution in [0.2, 0.25) is 0 Å². The molecule has 0 amide bonds. The second-order valence-corrected chi connectivity index (χ2v) is 12.9. The molecular formula is C22H42N4S2. The van der Waals surface area contributed by atoms with Crippen LogP contribution in [0.5, 0.6) is 0 Å². The molecule has 2 heterocycles. The lowest BCUT2D eigenvalue weighted by atomic mass is 10.0. The zero-order valence-corrected chi connectivity index (χ0v) is 21.6. The highest BCUT2D eigenvalue weighted by atomic mass is 32.2. The lowest BCUT2D eigenvalue weighted by Gasteiger charge is -2.37. The van der Waals surface area contributed by atoms with Gasteiger partial charge in [-0.05, 0) is 75.9 Å². The summed E-state index contributed by atoms with van der Waals surface area (Å²) in [6.07, 6.45) is 5.01. The summed E-state index contributed by atoms with van der Waals surface area (Å²) in [6, 6.07) is 0. The van der Waals surface area contributed by atoms with Crippen LogP contribution in [0, 0.1) is 0 Å². The van der Waals surface area contributed by atoms with Gasteiger partial charge in [-0.25, -0.2) is 0 Å². The third-order valence-electron chi connectivity index (χ3n) is 6.65. The maximum absolute atomic E-state index is 5.12. The van der Waals surface area contributed by atoms with E-state index < -0.39 is 0 Å². The predicted octanol–water partition coefficient (Wildman–Crippen LogP) is 6.08. The fourth-order valence-corrected chi connectivity index (χ4v) is 7.08. The smallest absolute Gasteiger partial charge is 0.109 e. The first-order chi connectivity index (χ1) is 12.7. The van der Waals surface area contributed by atoms with Crippen LogP contribution in [0.1, 0.15) is 88.0 Å². The molecule has 0 spiro atoms. The van der Waals surface area contributed by atoms with Gasteiger partial charge in [0.15, 0.2) is 0 Å². The zero-order chi connectivity index (χ0) is 21.5. The van der Waals surface area contributed by atoms with Gasteiger partial charge in [-0.1, -0.05) is 49.7 Å². The Kier molecular flexibility index (Phi) is 7.13. The molecule has 0 unspecified atom stereocenters. The van der Waals surface area contributed by atoms with E-state index in [-0.39, 0.29) is 22.4 Å². The molecule has 0 bridgehead atoms.